The van der Waals surface area contributed by atoms with E-state index >= 15 is 0 Å². The highest BCUT2D eigenvalue weighted by atomic mass is 32.2. The Bertz CT molecular complexity index is 605. The van der Waals surface area contributed by atoms with Crippen LogP contribution in [-0.4, -0.2) is 25.7 Å². The standard InChI is InChI=1S/C12H11F3O3S/c13-12(14,15)10-4-2-1-3-9(10)11(16)8-5-6-19(17,18)7-8/h1-4,8H,5-7H2. The molecule has 1 aromatic carbocycles. The zero-order chi connectivity index (χ0) is 14.3. The summed E-state index contributed by atoms with van der Waals surface area (Å²) in [5, 5.41) is 0. The van der Waals surface area contributed by atoms with Crippen LogP contribution in [-0.2, 0) is 16.0 Å². The molecule has 0 amide bonds. The van der Waals surface area contributed by atoms with Crippen molar-refractivity contribution in [2.45, 2.75) is 12.6 Å². The number of ketones is 1. The van der Waals surface area contributed by atoms with Crippen molar-refractivity contribution in [3.8, 4) is 0 Å². The van der Waals surface area contributed by atoms with E-state index in [1.165, 1.54) is 12.1 Å². The molecule has 0 aliphatic carbocycles. The average molecular weight is 292 g/mol. The monoisotopic (exact) mass is 292 g/mol. The van der Waals surface area contributed by atoms with Gasteiger partial charge in [0.2, 0.25) is 0 Å². The number of carbonyl (C=O) groups is 1. The fourth-order valence-corrected chi connectivity index (χ4v) is 3.91. The lowest BCUT2D eigenvalue weighted by atomic mass is 9.93. The van der Waals surface area contributed by atoms with Gasteiger partial charge in [-0.3, -0.25) is 4.79 Å². The summed E-state index contributed by atoms with van der Waals surface area (Å²) in [5.41, 5.74) is -1.46. The molecule has 7 heteroatoms. The number of rotatable bonds is 2. The molecule has 104 valence electrons. The van der Waals surface area contributed by atoms with Crippen molar-refractivity contribution < 1.29 is 26.4 Å². The minimum Gasteiger partial charge on any atom is -0.294 e. The molecule has 0 radical (unpaired) electrons. The third-order valence-electron chi connectivity index (χ3n) is 3.10. The van der Waals surface area contributed by atoms with E-state index < -0.39 is 38.8 Å². The van der Waals surface area contributed by atoms with Crippen molar-refractivity contribution in [3.63, 3.8) is 0 Å². The summed E-state index contributed by atoms with van der Waals surface area (Å²) in [6.45, 7) is 0. The van der Waals surface area contributed by atoms with Crippen molar-refractivity contribution >= 4 is 15.6 Å². The molecule has 0 spiro atoms. The maximum Gasteiger partial charge on any atom is 0.417 e. The Morgan fingerprint density at radius 3 is 2.37 bits per heavy atom. The number of Topliss-reactive ketones (excluding diaryl/α,β-unsaturated/α-hetero) is 1. The van der Waals surface area contributed by atoms with Gasteiger partial charge in [0.15, 0.2) is 15.6 Å². The summed E-state index contributed by atoms with van der Waals surface area (Å²) in [6.07, 6.45) is -4.53. The number of halogens is 3. The first-order valence-corrected chi connectivity index (χ1v) is 7.44. The fourth-order valence-electron chi connectivity index (χ4n) is 2.17. The first-order chi connectivity index (χ1) is 8.71. The molecule has 1 heterocycles. The molecule has 1 aromatic rings. The number of hydrogen-bond acceptors (Lipinski definition) is 3. The highest BCUT2D eigenvalue weighted by molar-refractivity contribution is 7.91. The SMILES string of the molecule is O=C(c1ccccc1C(F)(F)F)C1CCS(=O)(=O)C1. The number of sulfone groups is 1. The van der Waals surface area contributed by atoms with Crippen LogP contribution in [0.15, 0.2) is 24.3 Å². The van der Waals surface area contributed by atoms with E-state index in [1.54, 1.807) is 0 Å². The number of alkyl halides is 3. The third kappa shape index (κ3) is 2.97. The van der Waals surface area contributed by atoms with E-state index in [4.69, 9.17) is 0 Å². The molecule has 1 aliphatic heterocycles. The summed E-state index contributed by atoms with van der Waals surface area (Å²) in [6, 6.07) is 4.46. The van der Waals surface area contributed by atoms with Crippen LogP contribution in [0.1, 0.15) is 22.3 Å². The molecule has 19 heavy (non-hydrogen) atoms. The second-order valence-corrected chi connectivity index (χ2v) is 6.74. The van der Waals surface area contributed by atoms with Crippen LogP contribution in [0, 0.1) is 5.92 Å². The molecular formula is C12H11F3O3S. The van der Waals surface area contributed by atoms with Gasteiger partial charge in [-0.1, -0.05) is 18.2 Å². The summed E-state index contributed by atoms with van der Waals surface area (Å²) in [7, 11) is -3.30. The normalized spacial score (nSPS) is 22.4. The van der Waals surface area contributed by atoms with Crippen molar-refractivity contribution in [2.24, 2.45) is 5.92 Å². The first kappa shape index (κ1) is 14.0. The van der Waals surface area contributed by atoms with E-state index in [1.807, 2.05) is 0 Å². The predicted molar refractivity (Wildman–Crippen MR) is 62.5 cm³/mol. The minimum atomic E-state index is -4.62. The average Bonchev–Trinajstić information content (AvgIpc) is 2.68. The Balaban J connectivity index is 2.36. The van der Waals surface area contributed by atoms with Crippen molar-refractivity contribution in [1.82, 2.24) is 0 Å². The highest BCUT2D eigenvalue weighted by Gasteiger charge is 2.39. The molecule has 1 atom stereocenters. The van der Waals surface area contributed by atoms with E-state index in [0.29, 0.717) is 0 Å². The summed E-state index contributed by atoms with van der Waals surface area (Å²) < 4.78 is 60.9. The topological polar surface area (TPSA) is 51.2 Å². The van der Waals surface area contributed by atoms with Gasteiger partial charge in [0.05, 0.1) is 17.1 Å². The van der Waals surface area contributed by atoms with Gasteiger partial charge in [0.25, 0.3) is 0 Å². The van der Waals surface area contributed by atoms with Gasteiger partial charge >= 0.3 is 6.18 Å². The third-order valence-corrected chi connectivity index (χ3v) is 4.87. The van der Waals surface area contributed by atoms with Crippen molar-refractivity contribution in [1.29, 1.82) is 0 Å². The minimum absolute atomic E-state index is 0.0906. The van der Waals surface area contributed by atoms with Gasteiger partial charge in [0, 0.05) is 11.5 Å². The highest BCUT2D eigenvalue weighted by Crippen LogP contribution is 2.34. The van der Waals surface area contributed by atoms with E-state index in [-0.39, 0.29) is 17.9 Å². The molecule has 1 fully saturated rings. The second-order valence-electron chi connectivity index (χ2n) is 4.51. The van der Waals surface area contributed by atoms with E-state index in [2.05, 4.69) is 0 Å². The predicted octanol–water partition coefficient (Wildman–Crippen LogP) is 2.32. The lowest BCUT2D eigenvalue weighted by Gasteiger charge is -2.14. The van der Waals surface area contributed by atoms with E-state index in [9.17, 15) is 26.4 Å². The molecule has 0 saturated carbocycles. The Hall–Kier alpha value is -1.37. The zero-order valence-corrected chi connectivity index (χ0v) is 10.6. The Morgan fingerprint density at radius 2 is 1.84 bits per heavy atom. The van der Waals surface area contributed by atoms with E-state index in [0.717, 1.165) is 12.1 Å². The fraction of sp³-hybridized carbons (Fsp3) is 0.417. The quantitative estimate of drug-likeness (QED) is 0.786. The van der Waals surface area contributed by atoms with Crippen LogP contribution in [0.3, 0.4) is 0 Å². The van der Waals surface area contributed by atoms with Crippen LogP contribution in [0.4, 0.5) is 13.2 Å². The zero-order valence-electron chi connectivity index (χ0n) is 9.77. The maximum atomic E-state index is 12.8. The Kier molecular flexibility index (Phi) is 3.42. The largest absolute Gasteiger partial charge is 0.417 e. The maximum absolute atomic E-state index is 12.8. The molecule has 0 N–H and O–H groups in total. The molecule has 0 aromatic heterocycles. The summed E-state index contributed by atoms with van der Waals surface area (Å²) >= 11 is 0. The summed E-state index contributed by atoms with van der Waals surface area (Å²) in [4.78, 5) is 12.0. The van der Waals surface area contributed by atoms with Gasteiger partial charge in [-0.2, -0.15) is 13.2 Å². The lowest BCUT2D eigenvalue weighted by molar-refractivity contribution is -0.137. The van der Waals surface area contributed by atoms with Crippen LogP contribution in [0.2, 0.25) is 0 Å². The first-order valence-electron chi connectivity index (χ1n) is 5.61. The Labute approximate surface area is 108 Å². The molecular weight excluding hydrogens is 281 g/mol. The second kappa shape index (κ2) is 4.63. The molecule has 1 aliphatic rings. The molecule has 0 bridgehead atoms. The smallest absolute Gasteiger partial charge is 0.294 e. The Morgan fingerprint density at radius 1 is 1.21 bits per heavy atom. The van der Waals surface area contributed by atoms with Crippen molar-refractivity contribution in [3.05, 3.63) is 35.4 Å². The van der Waals surface area contributed by atoms with Gasteiger partial charge in [-0.05, 0) is 12.5 Å². The van der Waals surface area contributed by atoms with Crippen LogP contribution >= 0.6 is 0 Å². The van der Waals surface area contributed by atoms with Gasteiger partial charge in [-0.25, -0.2) is 8.42 Å². The van der Waals surface area contributed by atoms with Crippen molar-refractivity contribution in [2.75, 3.05) is 11.5 Å². The number of carbonyl (C=O) groups excluding carboxylic acids is 1. The number of benzene rings is 1. The molecule has 1 unspecified atom stereocenters. The summed E-state index contributed by atoms with van der Waals surface area (Å²) in [5.74, 6) is -2.11. The van der Waals surface area contributed by atoms with Crippen LogP contribution < -0.4 is 0 Å². The van der Waals surface area contributed by atoms with Gasteiger partial charge in [-0.15, -0.1) is 0 Å². The van der Waals surface area contributed by atoms with Crippen LogP contribution in [0.25, 0.3) is 0 Å². The van der Waals surface area contributed by atoms with Crippen LogP contribution in [0.5, 0.6) is 0 Å². The molecule has 3 nitrogen and oxygen atoms in total. The van der Waals surface area contributed by atoms with Gasteiger partial charge in [0.1, 0.15) is 0 Å². The van der Waals surface area contributed by atoms with Gasteiger partial charge < -0.3 is 0 Å². The molecule has 2 rings (SSSR count). The number of hydrogen-bond donors (Lipinski definition) is 0. The molecule has 1 saturated heterocycles. The lowest BCUT2D eigenvalue weighted by Crippen LogP contribution is -2.20.